The van der Waals surface area contributed by atoms with E-state index >= 15 is 0 Å². The van der Waals surface area contributed by atoms with Crippen LogP contribution >= 0.6 is 0 Å². The van der Waals surface area contributed by atoms with Crippen molar-refractivity contribution in [2.24, 2.45) is 0 Å². The molecule has 0 bridgehead atoms. The highest BCUT2D eigenvalue weighted by Gasteiger charge is 2.37. The predicted octanol–water partition coefficient (Wildman–Crippen LogP) is 3.17. The summed E-state index contributed by atoms with van der Waals surface area (Å²) in [5, 5.41) is 3.39. The van der Waals surface area contributed by atoms with Gasteiger partial charge in [-0.2, -0.15) is 0 Å². The van der Waals surface area contributed by atoms with Crippen molar-refractivity contribution in [2.75, 3.05) is 13.1 Å². The van der Waals surface area contributed by atoms with Crippen LogP contribution in [-0.4, -0.2) is 36.0 Å². The van der Waals surface area contributed by atoms with Crippen LogP contribution in [0.5, 0.6) is 0 Å². The molecule has 0 aromatic heterocycles. The Labute approximate surface area is 127 Å². The first kappa shape index (κ1) is 14.6. The third-order valence-corrected chi connectivity index (χ3v) is 4.70. The number of nitrogens with zero attached hydrogens (tertiary/aromatic N) is 1. The first-order chi connectivity index (χ1) is 10.2. The Morgan fingerprint density at radius 1 is 1.05 bits per heavy atom. The molecule has 114 valence electrons. The second kappa shape index (κ2) is 6.18. The molecule has 2 fully saturated rings. The molecule has 1 aliphatic heterocycles. The van der Waals surface area contributed by atoms with Gasteiger partial charge < -0.3 is 10.2 Å². The van der Waals surface area contributed by atoms with Gasteiger partial charge in [0.2, 0.25) is 0 Å². The van der Waals surface area contributed by atoms with Crippen molar-refractivity contribution >= 4 is 5.91 Å². The summed E-state index contributed by atoms with van der Waals surface area (Å²) >= 11 is 0. The molecule has 1 amide bonds. The Hall–Kier alpha value is -1.35. The van der Waals surface area contributed by atoms with Gasteiger partial charge in [-0.1, -0.05) is 26.0 Å². The highest BCUT2D eigenvalue weighted by molar-refractivity contribution is 5.95. The second-order valence-corrected chi connectivity index (χ2v) is 6.70. The lowest BCUT2D eigenvalue weighted by Gasteiger charge is -2.35. The smallest absolute Gasteiger partial charge is 0.254 e. The predicted molar refractivity (Wildman–Crippen MR) is 85.6 cm³/mol. The van der Waals surface area contributed by atoms with Gasteiger partial charge in [0.1, 0.15) is 0 Å². The van der Waals surface area contributed by atoms with Crippen molar-refractivity contribution in [3.05, 3.63) is 35.4 Å². The van der Waals surface area contributed by atoms with E-state index in [1.54, 1.807) is 0 Å². The number of hydrogen-bond acceptors (Lipinski definition) is 2. The number of carbonyl (C=O) groups is 1. The largest absolute Gasteiger partial charge is 0.333 e. The van der Waals surface area contributed by atoms with Gasteiger partial charge in [0.15, 0.2) is 0 Å². The number of benzene rings is 1. The van der Waals surface area contributed by atoms with E-state index < -0.39 is 0 Å². The van der Waals surface area contributed by atoms with Crippen LogP contribution in [0.25, 0.3) is 0 Å². The van der Waals surface area contributed by atoms with Crippen molar-refractivity contribution in [1.82, 2.24) is 10.2 Å². The lowest BCUT2D eigenvalue weighted by molar-refractivity contribution is 0.0623. The summed E-state index contributed by atoms with van der Waals surface area (Å²) in [4.78, 5) is 15.1. The van der Waals surface area contributed by atoms with Crippen LogP contribution in [0.15, 0.2) is 24.3 Å². The molecule has 1 N–H and O–H groups in total. The van der Waals surface area contributed by atoms with Gasteiger partial charge in [0.05, 0.1) is 0 Å². The Morgan fingerprint density at radius 2 is 1.62 bits per heavy atom. The first-order valence-corrected chi connectivity index (χ1v) is 8.30. The zero-order valence-electron chi connectivity index (χ0n) is 13.1. The zero-order valence-corrected chi connectivity index (χ0v) is 13.1. The average Bonchev–Trinajstić information content (AvgIpc) is 3.33. The number of hydrogen-bond donors (Lipinski definition) is 1. The van der Waals surface area contributed by atoms with Gasteiger partial charge in [-0.25, -0.2) is 0 Å². The molecule has 0 atom stereocenters. The monoisotopic (exact) mass is 286 g/mol. The third kappa shape index (κ3) is 3.29. The van der Waals surface area contributed by atoms with E-state index in [2.05, 4.69) is 36.2 Å². The van der Waals surface area contributed by atoms with Crippen molar-refractivity contribution in [3.63, 3.8) is 0 Å². The van der Waals surface area contributed by atoms with Gasteiger partial charge in [-0.3, -0.25) is 4.79 Å². The fourth-order valence-corrected chi connectivity index (χ4v) is 3.23. The summed E-state index contributed by atoms with van der Waals surface area (Å²) in [5.74, 6) is 0.748. The SMILES string of the molecule is CC(C)c1ccc(C(=O)N(C2CCNCC2)C2CC2)cc1. The van der Waals surface area contributed by atoms with Crippen LogP contribution in [0.4, 0.5) is 0 Å². The minimum absolute atomic E-state index is 0.236. The number of amides is 1. The molecule has 1 aromatic carbocycles. The van der Waals surface area contributed by atoms with E-state index in [0.717, 1.165) is 31.5 Å². The molecule has 1 aliphatic carbocycles. The first-order valence-electron chi connectivity index (χ1n) is 8.30. The minimum atomic E-state index is 0.236. The molecular formula is C18H26N2O. The van der Waals surface area contributed by atoms with E-state index in [1.165, 1.54) is 18.4 Å². The Balaban J connectivity index is 1.77. The summed E-state index contributed by atoms with van der Waals surface area (Å²) in [6, 6.07) is 9.14. The highest BCUT2D eigenvalue weighted by Crippen LogP contribution is 2.32. The summed E-state index contributed by atoms with van der Waals surface area (Å²) in [7, 11) is 0. The van der Waals surface area contributed by atoms with Crippen molar-refractivity contribution in [3.8, 4) is 0 Å². The molecule has 3 nitrogen and oxygen atoms in total. The zero-order chi connectivity index (χ0) is 14.8. The fraction of sp³-hybridized carbons (Fsp3) is 0.611. The topological polar surface area (TPSA) is 32.3 Å². The molecule has 1 saturated carbocycles. The maximum Gasteiger partial charge on any atom is 0.254 e. The molecule has 1 heterocycles. The molecular weight excluding hydrogens is 260 g/mol. The van der Waals surface area contributed by atoms with E-state index in [1.807, 2.05) is 12.1 Å². The van der Waals surface area contributed by atoms with E-state index in [4.69, 9.17) is 0 Å². The molecule has 0 spiro atoms. The molecule has 21 heavy (non-hydrogen) atoms. The standard InChI is InChI=1S/C18H26N2O/c1-13(2)14-3-5-15(6-4-14)18(21)20(16-7-8-16)17-9-11-19-12-10-17/h3-6,13,16-17,19H,7-12H2,1-2H3. The number of rotatable bonds is 4. The molecule has 2 aliphatic rings. The van der Waals surface area contributed by atoms with Crippen LogP contribution in [0.1, 0.15) is 61.4 Å². The lowest BCUT2D eigenvalue weighted by Crippen LogP contribution is -2.47. The normalized spacial score (nSPS) is 19.8. The molecule has 0 radical (unpaired) electrons. The minimum Gasteiger partial charge on any atom is -0.333 e. The summed E-state index contributed by atoms with van der Waals surface area (Å²) < 4.78 is 0. The van der Waals surface area contributed by atoms with E-state index in [-0.39, 0.29) is 5.91 Å². The van der Waals surface area contributed by atoms with Crippen molar-refractivity contribution in [2.45, 2.75) is 57.5 Å². The van der Waals surface area contributed by atoms with Crippen LogP contribution in [0.3, 0.4) is 0 Å². The number of piperidine rings is 1. The molecule has 3 heteroatoms. The Bertz CT molecular complexity index is 484. The van der Waals surface area contributed by atoms with Gasteiger partial charge in [0, 0.05) is 17.6 Å². The number of carbonyl (C=O) groups excluding carboxylic acids is 1. The summed E-state index contributed by atoms with van der Waals surface area (Å²) in [6.45, 7) is 6.44. The third-order valence-electron chi connectivity index (χ3n) is 4.70. The maximum atomic E-state index is 12.9. The summed E-state index contributed by atoms with van der Waals surface area (Å²) in [5.41, 5.74) is 2.15. The quantitative estimate of drug-likeness (QED) is 0.922. The highest BCUT2D eigenvalue weighted by atomic mass is 16.2. The van der Waals surface area contributed by atoms with Crippen molar-refractivity contribution < 1.29 is 4.79 Å². The van der Waals surface area contributed by atoms with Gasteiger partial charge in [0.25, 0.3) is 5.91 Å². The van der Waals surface area contributed by atoms with Gasteiger partial charge in [-0.15, -0.1) is 0 Å². The molecule has 1 saturated heterocycles. The lowest BCUT2D eigenvalue weighted by atomic mass is 10.00. The summed E-state index contributed by atoms with van der Waals surface area (Å²) in [6.07, 6.45) is 4.54. The number of nitrogens with one attached hydrogen (secondary N) is 1. The molecule has 1 aromatic rings. The fourth-order valence-electron chi connectivity index (χ4n) is 3.23. The van der Waals surface area contributed by atoms with Crippen molar-refractivity contribution in [1.29, 1.82) is 0 Å². The average molecular weight is 286 g/mol. The van der Waals surface area contributed by atoms with Crippen LogP contribution in [0, 0.1) is 0 Å². The van der Waals surface area contributed by atoms with E-state index in [9.17, 15) is 4.79 Å². The second-order valence-electron chi connectivity index (χ2n) is 6.70. The van der Waals surface area contributed by atoms with Crippen LogP contribution < -0.4 is 5.32 Å². The van der Waals surface area contributed by atoms with Gasteiger partial charge >= 0.3 is 0 Å². The van der Waals surface area contributed by atoms with Crippen LogP contribution in [0.2, 0.25) is 0 Å². The Morgan fingerprint density at radius 3 is 2.14 bits per heavy atom. The molecule has 3 rings (SSSR count). The van der Waals surface area contributed by atoms with E-state index in [0.29, 0.717) is 18.0 Å². The Kier molecular flexibility index (Phi) is 4.29. The maximum absolute atomic E-state index is 12.9. The molecule has 0 unspecified atom stereocenters. The van der Waals surface area contributed by atoms with Gasteiger partial charge in [-0.05, 0) is 62.4 Å². The van der Waals surface area contributed by atoms with Crippen LogP contribution in [-0.2, 0) is 0 Å².